The van der Waals surface area contributed by atoms with Crippen molar-refractivity contribution in [1.82, 2.24) is 9.80 Å². The number of carbonyl (C=O) groups excluding carboxylic acids is 1. The number of anilines is 2. The molecule has 1 aliphatic heterocycles. The number of rotatable bonds is 7. The number of benzene rings is 2. The molecule has 1 heterocycles. The summed E-state index contributed by atoms with van der Waals surface area (Å²) in [5, 5.41) is 2.92. The van der Waals surface area contributed by atoms with Crippen LogP contribution in [0.25, 0.3) is 0 Å². The third kappa shape index (κ3) is 5.63. The molecule has 0 aromatic heterocycles. The fourth-order valence-electron chi connectivity index (χ4n) is 3.57. The van der Waals surface area contributed by atoms with E-state index >= 15 is 0 Å². The Labute approximate surface area is 178 Å². The molecule has 0 radical (unpaired) electrons. The predicted molar refractivity (Wildman–Crippen MR) is 119 cm³/mol. The summed E-state index contributed by atoms with van der Waals surface area (Å²) >= 11 is 0. The van der Waals surface area contributed by atoms with Gasteiger partial charge in [-0.05, 0) is 49.4 Å². The standard InChI is InChI=1S/C23H31FN4O2/c1-4-27-11-13-28(14-12-27)21-10-9-19(17-18(21)2)25-23(29)26(3)15-16-30-22-8-6-5-7-20(22)24/h5-10,17H,4,11-16H2,1-3H3,(H,25,29). The van der Waals surface area contributed by atoms with Crippen molar-refractivity contribution in [2.24, 2.45) is 0 Å². The molecular formula is C23H31FN4O2. The SMILES string of the molecule is CCN1CCN(c2ccc(NC(=O)N(C)CCOc3ccccc3F)cc2C)CC1. The average Bonchev–Trinajstić information content (AvgIpc) is 2.75. The fourth-order valence-corrected chi connectivity index (χ4v) is 3.57. The van der Waals surface area contributed by atoms with E-state index in [-0.39, 0.29) is 18.4 Å². The third-order valence-electron chi connectivity index (χ3n) is 5.48. The van der Waals surface area contributed by atoms with Crippen molar-refractivity contribution in [2.45, 2.75) is 13.8 Å². The molecular weight excluding hydrogens is 383 g/mol. The number of para-hydroxylation sites is 1. The molecule has 7 heteroatoms. The Bertz CT molecular complexity index is 853. The highest BCUT2D eigenvalue weighted by Gasteiger charge is 2.18. The van der Waals surface area contributed by atoms with Crippen LogP contribution in [0.2, 0.25) is 0 Å². The zero-order valence-electron chi connectivity index (χ0n) is 18.0. The number of likely N-dealkylation sites (N-methyl/N-ethyl adjacent to an activating group) is 2. The number of aryl methyl sites for hydroxylation is 1. The molecule has 2 aromatic rings. The lowest BCUT2D eigenvalue weighted by molar-refractivity contribution is 0.206. The summed E-state index contributed by atoms with van der Waals surface area (Å²) in [5.74, 6) is -0.214. The van der Waals surface area contributed by atoms with Crippen molar-refractivity contribution in [3.63, 3.8) is 0 Å². The van der Waals surface area contributed by atoms with Crippen molar-refractivity contribution >= 4 is 17.4 Å². The number of amides is 2. The number of urea groups is 1. The molecule has 6 nitrogen and oxygen atoms in total. The van der Waals surface area contributed by atoms with Crippen LogP contribution < -0.4 is 15.0 Å². The summed E-state index contributed by atoms with van der Waals surface area (Å²) in [4.78, 5) is 18.8. The van der Waals surface area contributed by atoms with Gasteiger partial charge in [-0.25, -0.2) is 9.18 Å². The van der Waals surface area contributed by atoms with E-state index in [1.165, 1.54) is 16.7 Å². The van der Waals surface area contributed by atoms with Gasteiger partial charge in [0.1, 0.15) is 6.61 Å². The Balaban J connectivity index is 1.50. The molecule has 0 bridgehead atoms. The highest BCUT2D eigenvalue weighted by atomic mass is 19.1. The minimum atomic E-state index is -0.406. The molecule has 1 N–H and O–H groups in total. The summed E-state index contributed by atoms with van der Waals surface area (Å²) in [6.45, 7) is 10.1. The Hall–Kier alpha value is -2.80. The Kier molecular flexibility index (Phi) is 7.52. The number of piperazine rings is 1. The van der Waals surface area contributed by atoms with E-state index in [0.29, 0.717) is 6.54 Å². The highest BCUT2D eigenvalue weighted by molar-refractivity contribution is 5.89. The zero-order chi connectivity index (χ0) is 21.5. The molecule has 0 atom stereocenters. The Morgan fingerprint density at radius 3 is 2.57 bits per heavy atom. The minimum Gasteiger partial charge on any atom is -0.489 e. The maximum Gasteiger partial charge on any atom is 0.321 e. The molecule has 2 amide bonds. The number of halogens is 1. The van der Waals surface area contributed by atoms with Gasteiger partial charge in [0.05, 0.1) is 6.54 Å². The van der Waals surface area contributed by atoms with Crippen LogP contribution in [0.15, 0.2) is 42.5 Å². The van der Waals surface area contributed by atoms with Crippen molar-refractivity contribution in [3.05, 3.63) is 53.8 Å². The number of carbonyl (C=O) groups is 1. The van der Waals surface area contributed by atoms with Crippen molar-refractivity contribution in [2.75, 3.05) is 63.1 Å². The van der Waals surface area contributed by atoms with Crippen molar-refractivity contribution in [3.8, 4) is 5.75 Å². The summed E-state index contributed by atoms with van der Waals surface area (Å²) in [6.07, 6.45) is 0. The van der Waals surface area contributed by atoms with E-state index in [9.17, 15) is 9.18 Å². The maximum atomic E-state index is 13.6. The lowest BCUT2D eigenvalue weighted by Gasteiger charge is -2.36. The quantitative estimate of drug-likeness (QED) is 0.748. The van der Waals surface area contributed by atoms with Crippen LogP contribution in [0.5, 0.6) is 5.75 Å². The van der Waals surface area contributed by atoms with Crippen molar-refractivity contribution in [1.29, 1.82) is 0 Å². The number of hydrogen-bond donors (Lipinski definition) is 1. The first-order valence-electron chi connectivity index (χ1n) is 10.5. The first-order valence-corrected chi connectivity index (χ1v) is 10.5. The van der Waals surface area contributed by atoms with Gasteiger partial charge in [0.25, 0.3) is 0 Å². The first kappa shape index (κ1) is 21.9. The van der Waals surface area contributed by atoms with Crippen LogP contribution in [-0.2, 0) is 0 Å². The molecule has 0 spiro atoms. The van der Waals surface area contributed by atoms with Crippen molar-refractivity contribution < 1.29 is 13.9 Å². The second-order valence-electron chi connectivity index (χ2n) is 7.55. The zero-order valence-corrected chi connectivity index (χ0v) is 18.0. The average molecular weight is 415 g/mol. The second kappa shape index (κ2) is 10.3. The monoisotopic (exact) mass is 414 g/mol. The van der Waals surface area contributed by atoms with Gasteiger partial charge in [-0.1, -0.05) is 19.1 Å². The lowest BCUT2D eigenvalue weighted by Crippen LogP contribution is -2.46. The van der Waals surface area contributed by atoms with Crippen LogP contribution in [0.4, 0.5) is 20.6 Å². The topological polar surface area (TPSA) is 48.0 Å². The molecule has 0 unspecified atom stereocenters. The first-order chi connectivity index (χ1) is 14.5. The van der Waals surface area contributed by atoms with Gasteiger partial charge in [0.2, 0.25) is 0 Å². The summed E-state index contributed by atoms with van der Waals surface area (Å²) in [7, 11) is 1.69. The molecule has 30 heavy (non-hydrogen) atoms. The molecule has 2 aromatic carbocycles. The fraction of sp³-hybridized carbons (Fsp3) is 0.435. The largest absolute Gasteiger partial charge is 0.489 e. The minimum absolute atomic E-state index is 0.192. The molecule has 0 saturated carbocycles. The summed E-state index contributed by atoms with van der Waals surface area (Å²) in [5.41, 5.74) is 3.12. The molecule has 1 aliphatic rings. The van der Waals surface area contributed by atoms with E-state index in [1.807, 2.05) is 12.1 Å². The number of nitrogens with one attached hydrogen (secondary N) is 1. The maximum absolute atomic E-state index is 13.6. The molecule has 162 valence electrons. The van der Waals surface area contributed by atoms with E-state index in [0.717, 1.165) is 44.0 Å². The number of hydrogen-bond acceptors (Lipinski definition) is 4. The number of ether oxygens (including phenoxy) is 1. The molecule has 0 aliphatic carbocycles. The van der Waals surface area contributed by atoms with Gasteiger partial charge in [0.15, 0.2) is 11.6 Å². The van der Waals surface area contributed by atoms with E-state index in [4.69, 9.17) is 4.74 Å². The molecule has 1 fully saturated rings. The predicted octanol–water partition coefficient (Wildman–Crippen LogP) is 3.82. The van der Waals surface area contributed by atoms with Crippen LogP contribution in [0, 0.1) is 12.7 Å². The van der Waals surface area contributed by atoms with Gasteiger partial charge in [-0.2, -0.15) is 0 Å². The van der Waals surface area contributed by atoms with Crippen LogP contribution in [-0.4, -0.2) is 68.8 Å². The normalized spacial score (nSPS) is 14.5. The number of nitrogens with zero attached hydrogens (tertiary/aromatic N) is 3. The summed E-state index contributed by atoms with van der Waals surface area (Å²) < 4.78 is 19.0. The highest BCUT2D eigenvalue weighted by Crippen LogP contribution is 2.25. The van der Waals surface area contributed by atoms with E-state index in [2.05, 4.69) is 35.0 Å². The summed E-state index contributed by atoms with van der Waals surface area (Å²) in [6, 6.07) is 12.0. The second-order valence-corrected chi connectivity index (χ2v) is 7.55. The van der Waals surface area contributed by atoms with Gasteiger partial charge in [-0.15, -0.1) is 0 Å². The third-order valence-corrected chi connectivity index (χ3v) is 5.48. The molecule has 3 rings (SSSR count). The van der Waals surface area contributed by atoms with E-state index in [1.54, 1.807) is 25.2 Å². The van der Waals surface area contributed by atoms with Gasteiger partial charge < -0.3 is 24.8 Å². The smallest absolute Gasteiger partial charge is 0.321 e. The van der Waals surface area contributed by atoms with Gasteiger partial charge in [-0.3, -0.25) is 0 Å². The Morgan fingerprint density at radius 1 is 1.17 bits per heavy atom. The lowest BCUT2D eigenvalue weighted by atomic mass is 10.1. The van der Waals surface area contributed by atoms with Crippen LogP contribution in [0.3, 0.4) is 0 Å². The van der Waals surface area contributed by atoms with Crippen LogP contribution in [0.1, 0.15) is 12.5 Å². The van der Waals surface area contributed by atoms with Gasteiger partial charge in [0, 0.05) is 44.6 Å². The molecule has 1 saturated heterocycles. The Morgan fingerprint density at radius 2 is 1.90 bits per heavy atom. The van der Waals surface area contributed by atoms with Gasteiger partial charge >= 0.3 is 6.03 Å². The van der Waals surface area contributed by atoms with Crippen LogP contribution >= 0.6 is 0 Å². The van der Waals surface area contributed by atoms with E-state index < -0.39 is 5.82 Å².